The molecule has 0 aromatic carbocycles. The molecule has 1 fully saturated rings. The lowest BCUT2D eigenvalue weighted by Crippen LogP contribution is -2.21. The Hall–Kier alpha value is -3.49. The number of carbonyl (C=O) groups is 2. The van der Waals surface area contributed by atoms with E-state index >= 15 is 0 Å². The van der Waals surface area contributed by atoms with Gasteiger partial charge in [0.25, 0.3) is 11.5 Å². The molecule has 166 valence electrons. The molecule has 3 heterocycles. The number of nitrogens with one attached hydrogen (secondary N) is 1. The highest BCUT2D eigenvalue weighted by atomic mass is 19.3. The molecule has 1 aliphatic rings. The standard InChI is InChI=1S/C23H22F2N4O3/c1-4-5-19(30)17-6-12(2)15(11-26-17)14-7-13-10-27-20(8-18(13)29(3)22(14)32)28-21(31)16-9-23(16,24)25/h6-8,10-11,16H,4-5,9H2,1-3H3,(H,27,28,31)/t16-/m1/s1. The number of hydrogen-bond donors (Lipinski definition) is 1. The number of pyridine rings is 3. The van der Waals surface area contributed by atoms with Gasteiger partial charge in [-0.25, -0.2) is 13.8 Å². The van der Waals surface area contributed by atoms with Crippen molar-refractivity contribution >= 4 is 28.4 Å². The molecule has 9 heteroatoms. The van der Waals surface area contributed by atoms with Gasteiger partial charge in [-0.05, 0) is 31.0 Å². The predicted molar refractivity (Wildman–Crippen MR) is 116 cm³/mol. The summed E-state index contributed by atoms with van der Waals surface area (Å²) in [6, 6.07) is 4.83. The Labute approximate surface area is 182 Å². The molecule has 1 amide bonds. The minimum Gasteiger partial charge on any atom is -0.311 e. The first-order valence-corrected chi connectivity index (χ1v) is 10.3. The highest BCUT2D eigenvalue weighted by molar-refractivity contribution is 5.96. The molecular formula is C23H22F2N4O3. The van der Waals surface area contributed by atoms with Crippen LogP contribution in [0, 0.1) is 12.8 Å². The number of hydrogen-bond acceptors (Lipinski definition) is 5. The van der Waals surface area contributed by atoms with Crippen molar-refractivity contribution in [2.75, 3.05) is 5.32 Å². The summed E-state index contributed by atoms with van der Waals surface area (Å²) in [6.45, 7) is 3.73. The first-order chi connectivity index (χ1) is 15.1. The Morgan fingerprint density at radius 2 is 1.91 bits per heavy atom. The van der Waals surface area contributed by atoms with Gasteiger partial charge >= 0.3 is 0 Å². The van der Waals surface area contributed by atoms with Crippen molar-refractivity contribution in [1.82, 2.24) is 14.5 Å². The van der Waals surface area contributed by atoms with Crippen LogP contribution in [0.5, 0.6) is 0 Å². The maximum absolute atomic E-state index is 13.1. The lowest BCUT2D eigenvalue weighted by molar-refractivity contribution is -0.119. The minimum absolute atomic E-state index is 0.0451. The number of rotatable bonds is 6. The largest absolute Gasteiger partial charge is 0.311 e. The highest BCUT2D eigenvalue weighted by Gasteiger charge is 2.61. The molecule has 0 aliphatic heterocycles. The summed E-state index contributed by atoms with van der Waals surface area (Å²) in [5, 5.41) is 3.02. The summed E-state index contributed by atoms with van der Waals surface area (Å²) in [5.74, 6) is -5.04. The van der Waals surface area contributed by atoms with Crippen LogP contribution in [0.25, 0.3) is 22.0 Å². The van der Waals surface area contributed by atoms with Gasteiger partial charge in [0, 0.05) is 54.9 Å². The second-order valence-electron chi connectivity index (χ2n) is 8.12. The monoisotopic (exact) mass is 440 g/mol. The number of anilines is 1. The average Bonchev–Trinajstić information content (AvgIpc) is 3.40. The Kier molecular flexibility index (Phi) is 5.36. The summed E-state index contributed by atoms with van der Waals surface area (Å²) in [4.78, 5) is 45.5. The van der Waals surface area contributed by atoms with Crippen LogP contribution < -0.4 is 10.9 Å². The fourth-order valence-corrected chi connectivity index (χ4v) is 3.68. The molecule has 4 rings (SSSR count). The maximum Gasteiger partial charge on any atom is 0.260 e. The summed E-state index contributed by atoms with van der Waals surface area (Å²) in [6.07, 6.45) is 3.67. The van der Waals surface area contributed by atoms with Crippen LogP contribution in [0.15, 0.2) is 35.4 Å². The van der Waals surface area contributed by atoms with Gasteiger partial charge in [-0.3, -0.25) is 19.4 Å². The van der Waals surface area contributed by atoms with E-state index in [9.17, 15) is 23.2 Å². The second-order valence-corrected chi connectivity index (χ2v) is 8.12. The van der Waals surface area contributed by atoms with E-state index in [1.807, 2.05) is 13.8 Å². The van der Waals surface area contributed by atoms with E-state index < -0.39 is 24.2 Å². The fourth-order valence-electron chi connectivity index (χ4n) is 3.68. The summed E-state index contributed by atoms with van der Waals surface area (Å²) >= 11 is 0. The normalized spacial score (nSPS) is 16.7. The lowest BCUT2D eigenvalue weighted by Gasteiger charge is -2.12. The van der Waals surface area contributed by atoms with Crippen LogP contribution in [0.4, 0.5) is 14.6 Å². The van der Waals surface area contributed by atoms with Crippen molar-refractivity contribution < 1.29 is 18.4 Å². The van der Waals surface area contributed by atoms with Gasteiger partial charge in [-0.1, -0.05) is 6.92 Å². The molecule has 0 spiro atoms. The quantitative estimate of drug-likeness (QED) is 0.587. The van der Waals surface area contributed by atoms with Crippen molar-refractivity contribution in [2.24, 2.45) is 13.0 Å². The van der Waals surface area contributed by atoms with Crippen LogP contribution in [0.1, 0.15) is 42.2 Å². The Morgan fingerprint density at radius 1 is 1.19 bits per heavy atom. The number of amides is 1. The first-order valence-electron chi connectivity index (χ1n) is 10.3. The Morgan fingerprint density at radius 3 is 2.53 bits per heavy atom. The second kappa shape index (κ2) is 7.89. The van der Waals surface area contributed by atoms with E-state index in [1.54, 1.807) is 19.2 Å². The van der Waals surface area contributed by atoms with Crippen molar-refractivity contribution in [3.05, 3.63) is 52.2 Å². The van der Waals surface area contributed by atoms with Crippen LogP contribution in [0.3, 0.4) is 0 Å². The van der Waals surface area contributed by atoms with Crippen molar-refractivity contribution in [1.29, 1.82) is 0 Å². The van der Waals surface area contributed by atoms with Gasteiger partial charge in [-0.15, -0.1) is 0 Å². The van der Waals surface area contributed by atoms with E-state index in [0.717, 1.165) is 12.0 Å². The van der Waals surface area contributed by atoms with Crippen LogP contribution in [-0.2, 0) is 11.8 Å². The summed E-state index contributed by atoms with van der Waals surface area (Å²) in [7, 11) is 1.58. The van der Waals surface area contributed by atoms with Gasteiger partial charge in [0.05, 0.1) is 5.52 Å². The van der Waals surface area contributed by atoms with Gasteiger partial charge in [0.1, 0.15) is 17.4 Å². The van der Waals surface area contributed by atoms with Crippen LogP contribution >= 0.6 is 0 Å². The molecule has 0 saturated heterocycles. The number of halogens is 2. The third-order valence-electron chi connectivity index (χ3n) is 5.67. The molecule has 3 aromatic heterocycles. The minimum atomic E-state index is -2.97. The number of ketones is 1. The third-order valence-corrected chi connectivity index (χ3v) is 5.67. The Bertz CT molecular complexity index is 1320. The van der Waals surface area contributed by atoms with Crippen molar-refractivity contribution in [3.8, 4) is 11.1 Å². The zero-order valence-corrected chi connectivity index (χ0v) is 17.9. The summed E-state index contributed by atoms with van der Waals surface area (Å²) < 4.78 is 27.6. The molecule has 7 nitrogen and oxygen atoms in total. The zero-order chi connectivity index (χ0) is 23.2. The van der Waals surface area contributed by atoms with E-state index in [2.05, 4.69) is 15.3 Å². The molecule has 3 aromatic rings. The Balaban J connectivity index is 1.69. The number of fused-ring (bicyclic) bond motifs is 1. The number of Topliss-reactive ketones (excluding diaryl/α,β-unsaturated/α-hetero) is 1. The lowest BCUT2D eigenvalue weighted by atomic mass is 10.0. The SMILES string of the molecule is CCCC(=O)c1cc(C)c(-c2cc3cnc(NC(=O)[C@H]4CC4(F)F)cc3n(C)c2=O)cn1. The fraction of sp³-hybridized carbons (Fsp3) is 0.348. The van der Waals surface area contributed by atoms with Crippen molar-refractivity contribution in [2.45, 2.75) is 39.0 Å². The average molecular weight is 440 g/mol. The maximum atomic E-state index is 13.1. The number of nitrogens with zero attached hydrogens (tertiary/aromatic N) is 3. The van der Waals surface area contributed by atoms with Gasteiger partial charge in [0.15, 0.2) is 5.78 Å². The molecular weight excluding hydrogens is 418 g/mol. The first kappa shape index (κ1) is 21.7. The van der Waals surface area contributed by atoms with E-state index in [0.29, 0.717) is 34.1 Å². The molecule has 1 aliphatic carbocycles. The number of aryl methyl sites for hydroxylation is 2. The highest BCUT2D eigenvalue weighted by Crippen LogP contribution is 2.49. The van der Waals surface area contributed by atoms with Gasteiger partial charge < -0.3 is 9.88 Å². The van der Waals surface area contributed by atoms with Crippen LogP contribution in [-0.4, -0.2) is 32.1 Å². The predicted octanol–water partition coefficient (Wildman–Crippen LogP) is 3.88. The smallest absolute Gasteiger partial charge is 0.260 e. The number of alkyl halides is 2. The zero-order valence-electron chi connectivity index (χ0n) is 17.9. The van der Waals surface area contributed by atoms with E-state index in [1.165, 1.54) is 23.0 Å². The topological polar surface area (TPSA) is 94.0 Å². The molecule has 1 N–H and O–H groups in total. The molecule has 0 unspecified atom stereocenters. The molecule has 0 radical (unpaired) electrons. The van der Waals surface area contributed by atoms with E-state index in [4.69, 9.17) is 0 Å². The number of carbonyl (C=O) groups excluding carboxylic acids is 2. The van der Waals surface area contributed by atoms with Gasteiger partial charge in [0.2, 0.25) is 5.91 Å². The third kappa shape index (κ3) is 3.90. The molecule has 0 bridgehead atoms. The van der Waals surface area contributed by atoms with Crippen LogP contribution in [0.2, 0.25) is 0 Å². The molecule has 1 saturated carbocycles. The van der Waals surface area contributed by atoms with Gasteiger partial charge in [-0.2, -0.15) is 0 Å². The number of aromatic nitrogens is 3. The van der Waals surface area contributed by atoms with Crippen molar-refractivity contribution in [3.63, 3.8) is 0 Å². The molecule has 32 heavy (non-hydrogen) atoms. The summed E-state index contributed by atoms with van der Waals surface area (Å²) in [5.41, 5.74) is 2.32. The van der Waals surface area contributed by atoms with E-state index in [-0.39, 0.29) is 17.2 Å². The molecule has 1 atom stereocenters.